The van der Waals surface area contributed by atoms with Gasteiger partial charge in [-0.05, 0) is 69.8 Å². The fourth-order valence-corrected chi connectivity index (χ4v) is 9.01. The minimum absolute atomic E-state index is 0.0270. The molecule has 6 aromatic carbocycles. The zero-order valence-electron chi connectivity index (χ0n) is 28.2. The van der Waals surface area contributed by atoms with Gasteiger partial charge in [0.15, 0.2) is 5.60 Å². The van der Waals surface area contributed by atoms with Crippen molar-refractivity contribution in [3.63, 3.8) is 0 Å². The van der Waals surface area contributed by atoms with Gasteiger partial charge < -0.3 is 14.2 Å². The number of hydrogen-bond acceptors (Lipinski definition) is 3. The molecule has 0 aromatic heterocycles. The normalized spacial score (nSPS) is 18.7. The molecule has 0 bridgehead atoms. The first kappa shape index (κ1) is 29.8. The smallest absolute Gasteiger partial charge is 0.178 e. The standard InChI is InChI=1S/C46H40O3/c1-47-35-28-34(29-36(30-35)48-2)46(33-22-20-32(21-23-33)31-14-6-5-7-15-31)27-24-40-43-42(37-16-8-9-17-38(37)44(40)49-46)39-18-10-11-19-41(39)45(43)25-12-3-4-13-26-45/h5-11,14-24,27-30H,3-4,12-13,25-26H2,1-2H3. The summed E-state index contributed by atoms with van der Waals surface area (Å²) < 4.78 is 19.3. The van der Waals surface area contributed by atoms with Gasteiger partial charge in [-0.3, -0.25) is 0 Å². The van der Waals surface area contributed by atoms with E-state index in [1.54, 1.807) is 14.2 Å². The average Bonchev–Trinajstić information content (AvgIpc) is 3.27. The van der Waals surface area contributed by atoms with Crippen LogP contribution in [0.15, 0.2) is 127 Å². The van der Waals surface area contributed by atoms with E-state index in [1.165, 1.54) is 70.0 Å². The van der Waals surface area contributed by atoms with Crippen LogP contribution in [0.25, 0.3) is 39.1 Å². The Balaban J connectivity index is 1.32. The molecule has 1 aliphatic heterocycles. The van der Waals surface area contributed by atoms with Crippen LogP contribution in [0.1, 0.15) is 66.3 Å². The second-order valence-electron chi connectivity index (χ2n) is 13.8. The molecule has 0 radical (unpaired) electrons. The molecule has 1 spiro atoms. The van der Waals surface area contributed by atoms with Crippen LogP contribution < -0.4 is 14.2 Å². The van der Waals surface area contributed by atoms with Gasteiger partial charge in [0.2, 0.25) is 0 Å². The van der Waals surface area contributed by atoms with Crippen LogP contribution in [-0.4, -0.2) is 14.2 Å². The lowest BCUT2D eigenvalue weighted by molar-refractivity contribution is 0.162. The van der Waals surface area contributed by atoms with E-state index in [4.69, 9.17) is 14.2 Å². The second-order valence-corrected chi connectivity index (χ2v) is 13.8. The lowest BCUT2D eigenvalue weighted by Gasteiger charge is -2.39. The van der Waals surface area contributed by atoms with Crippen molar-refractivity contribution >= 4 is 16.8 Å². The molecule has 9 rings (SSSR count). The first-order valence-corrected chi connectivity index (χ1v) is 17.6. The Hall–Kier alpha value is -5.28. The summed E-state index contributed by atoms with van der Waals surface area (Å²) in [6.45, 7) is 0. The van der Waals surface area contributed by atoms with E-state index in [-0.39, 0.29) is 5.41 Å². The van der Waals surface area contributed by atoms with E-state index in [0.29, 0.717) is 0 Å². The van der Waals surface area contributed by atoms with Crippen LogP contribution in [-0.2, 0) is 11.0 Å². The zero-order chi connectivity index (χ0) is 33.0. The van der Waals surface area contributed by atoms with Crippen molar-refractivity contribution in [2.45, 2.75) is 49.5 Å². The molecular weight excluding hydrogens is 601 g/mol. The SMILES string of the molecule is COc1cc(OC)cc(C2(c3ccc(-c4ccccc4)cc3)C=Cc3c4c(c5ccccc5c3O2)-c2ccccc2C42CCCCCC2)c1. The van der Waals surface area contributed by atoms with Crippen LogP contribution in [0.3, 0.4) is 0 Å². The molecule has 3 aliphatic rings. The van der Waals surface area contributed by atoms with Crippen LogP contribution in [0.5, 0.6) is 17.2 Å². The summed E-state index contributed by atoms with van der Waals surface area (Å²) in [7, 11) is 3.40. The quantitative estimate of drug-likeness (QED) is 0.188. The molecule has 0 amide bonds. The molecule has 3 nitrogen and oxygen atoms in total. The van der Waals surface area contributed by atoms with Crippen LogP contribution in [0, 0.1) is 0 Å². The van der Waals surface area contributed by atoms with E-state index in [1.807, 2.05) is 6.07 Å². The summed E-state index contributed by atoms with van der Waals surface area (Å²) in [5.41, 5.74) is 10.3. The first-order chi connectivity index (χ1) is 24.1. The molecule has 0 saturated heterocycles. The van der Waals surface area contributed by atoms with Gasteiger partial charge in [-0.15, -0.1) is 0 Å². The Kier molecular flexibility index (Phi) is 7.12. The van der Waals surface area contributed by atoms with Crippen molar-refractivity contribution in [1.29, 1.82) is 0 Å². The Bertz CT molecular complexity index is 2200. The number of hydrogen-bond donors (Lipinski definition) is 0. The third-order valence-corrected chi connectivity index (χ3v) is 11.3. The van der Waals surface area contributed by atoms with Crippen molar-refractivity contribution in [3.05, 3.63) is 155 Å². The largest absolute Gasteiger partial charge is 0.497 e. The highest BCUT2D eigenvalue weighted by Crippen LogP contribution is 2.61. The highest BCUT2D eigenvalue weighted by atomic mass is 16.5. The molecule has 1 unspecified atom stereocenters. The molecule has 2 aliphatic carbocycles. The van der Waals surface area contributed by atoms with Crippen molar-refractivity contribution in [1.82, 2.24) is 0 Å². The summed E-state index contributed by atoms with van der Waals surface area (Å²) in [6.07, 6.45) is 12.0. The lowest BCUT2D eigenvalue weighted by atomic mass is 9.70. The van der Waals surface area contributed by atoms with E-state index in [0.717, 1.165) is 46.6 Å². The van der Waals surface area contributed by atoms with Gasteiger partial charge in [0, 0.05) is 33.6 Å². The van der Waals surface area contributed by atoms with E-state index in [9.17, 15) is 0 Å². The predicted octanol–water partition coefficient (Wildman–Crippen LogP) is 11.5. The third kappa shape index (κ3) is 4.55. The second kappa shape index (κ2) is 11.7. The number of methoxy groups -OCH3 is 2. The fourth-order valence-electron chi connectivity index (χ4n) is 9.01. The van der Waals surface area contributed by atoms with Gasteiger partial charge in [0.05, 0.1) is 14.2 Å². The number of ether oxygens (including phenoxy) is 3. The number of fused-ring (bicyclic) bond motifs is 10. The van der Waals surface area contributed by atoms with E-state index < -0.39 is 5.60 Å². The van der Waals surface area contributed by atoms with Gasteiger partial charge in [-0.2, -0.15) is 0 Å². The molecule has 1 atom stereocenters. The third-order valence-electron chi connectivity index (χ3n) is 11.3. The molecule has 1 fully saturated rings. The zero-order valence-corrected chi connectivity index (χ0v) is 28.2. The van der Waals surface area contributed by atoms with Crippen LogP contribution in [0.4, 0.5) is 0 Å². The molecule has 242 valence electrons. The Morgan fingerprint density at radius 3 is 1.94 bits per heavy atom. The average molecular weight is 641 g/mol. The van der Waals surface area contributed by atoms with E-state index >= 15 is 0 Å². The van der Waals surface area contributed by atoms with Gasteiger partial charge in [-0.1, -0.05) is 135 Å². The maximum absolute atomic E-state index is 7.64. The lowest BCUT2D eigenvalue weighted by Crippen LogP contribution is -2.35. The molecular formula is C46H40O3. The highest BCUT2D eigenvalue weighted by Gasteiger charge is 2.48. The summed E-state index contributed by atoms with van der Waals surface area (Å²) in [6, 6.07) is 43.5. The molecule has 6 aromatic rings. The molecule has 0 N–H and O–H groups in total. The summed E-state index contributed by atoms with van der Waals surface area (Å²) in [5.74, 6) is 2.40. The van der Waals surface area contributed by atoms with E-state index in [2.05, 4.69) is 127 Å². The fraction of sp³-hybridized carbons (Fsp3) is 0.217. The Morgan fingerprint density at radius 1 is 0.592 bits per heavy atom. The van der Waals surface area contributed by atoms with Gasteiger partial charge in [0.1, 0.15) is 17.2 Å². The Morgan fingerprint density at radius 2 is 1.22 bits per heavy atom. The Labute approximate surface area is 288 Å². The highest BCUT2D eigenvalue weighted by molar-refractivity contribution is 6.08. The van der Waals surface area contributed by atoms with Crippen molar-refractivity contribution in [3.8, 4) is 39.5 Å². The molecule has 49 heavy (non-hydrogen) atoms. The van der Waals surface area contributed by atoms with Crippen LogP contribution in [0.2, 0.25) is 0 Å². The van der Waals surface area contributed by atoms with Gasteiger partial charge in [0.25, 0.3) is 0 Å². The van der Waals surface area contributed by atoms with Gasteiger partial charge in [-0.25, -0.2) is 0 Å². The van der Waals surface area contributed by atoms with Crippen molar-refractivity contribution in [2.75, 3.05) is 14.2 Å². The summed E-state index contributed by atoms with van der Waals surface area (Å²) in [4.78, 5) is 0. The maximum atomic E-state index is 7.64. The van der Waals surface area contributed by atoms with Gasteiger partial charge >= 0.3 is 0 Å². The summed E-state index contributed by atoms with van der Waals surface area (Å²) in [5, 5.41) is 2.40. The molecule has 1 heterocycles. The van der Waals surface area contributed by atoms with Crippen molar-refractivity contribution in [2.24, 2.45) is 0 Å². The molecule has 1 saturated carbocycles. The molecule has 3 heteroatoms. The monoisotopic (exact) mass is 640 g/mol. The maximum Gasteiger partial charge on any atom is 0.178 e. The topological polar surface area (TPSA) is 27.7 Å². The summed E-state index contributed by atoms with van der Waals surface area (Å²) >= 11 is 0. The van der Waals surface area contributed by atoms with Crippen LogP contribution >= 0.6 is 0 Å². The van der Waals surface area contributed by atoms with Crippen molar-refractivity contribution < 1.29 is 14.2 Å². The minimum Gasteiger partial charge on any atom is -0.497 e. The first-order valence-electron chi connectivity index (χ1n) is 17.6. The predicted molar refractivity (Wildman–Crippen MR) is 200 cm³/mol. The number of rotatable bonds is 5. The minimum atomic E-state index is -0.927. The number of benzene rings is 6.